The van der Waals surface area contributed by atoms with Crippen molar-refractivity contribution >= 4 is 33.2 Å². The van der Waals surface area contributed by atoms with Gasteiger partial charge in [0.05, 0.1) is 7.11 Å². The highest BCUT2D eigenvalue weighted by Crippen LogP contribution is 2.28. The molecule has 0 heterocycles. The fourth-order valence-corrected chi connectivity index (χ4v) is 2.47. The summed E-state index contributed by atoms with van der Waals surface area (Å²) in [6.07, 6.45) is 0. The number of ether oxygens (including phenoxy) is 1. The number of aromatic hydroxyl groups is 1. The van der Waals surface area contributed by atoms with Gasteiger partial charge in [-0.1, -0.05) is 11.6 Å². The molecule has 0 amide bonds. The zero-order valence-electron chi connectivity index (χ0n) is 10.3. The van der Waals surface area contributed by atoms with Crippen LogP contribution in [0.5, 0.6) is 11.5 Å². The summed E-state index contributed by atoms with van der Waals surface area (Å²) >= 11 is 9.31. The van der Waals surface area contributed by atoms with E-state index in [1.807, 2.05) is 30.3 Å². The minimum atomic E-state index is 0.205. The van der Waals surface area contributed by atoms with Crippen LogP contribution in [0.2, 0.25) is 5.02 Å². The predicted octanol–water partition coefficient (Wildman–Crippen LogP) is 4.43. The molecule has 0 fully saturated rings. The fraction of sp³-hybridized carbons (Fsp3) is 0.143. The number of hydrogen-bond acceptors (Lipinski definition) is 3. The van der Waals surface area contributed by atoms with Crippen LogP contribution < -0.4 is 10.1 Å². The van der Waals surface area contributed by atoms with E-state index < -0.39 is 0 Å². The van der Waals surface area contributed by atoms with Crippen molar-refractivity contribution in [2.45, 2.75) is 6.54 Å². The zero-order chi connectivity index (χ0) is 13.8. The van der Waals surface area contributed by atoms with Gasteiger partial charge in [-0.3, -0.25) is 0 Å². The SMILES string of the molecule is COc1ccc(CNc2ccc(Cl)cc2Br)c(O)c1. The maximum absolute atomic E-state index is 9.86. The maximum atomic E-state index is 9.86. The van der Waals surface area contributed by atoms with Crippen molar-refractivity contribution in [3.8, 4) is 11.5 Å². The summed E-state index contributed by atoms with van der Waals surface area (Å²) in [5.41, 5.74) is 1.71. The highest BCUT2D eigenvalue weighted by molar-refractivity contribution is 9.10. The Kier molecular flexibility index (Phi) is 4.56. The van der Waals surface area contributed by atoms with Gasteiger partial charge in [-0.15, -0.1) is 0 Å². The zero-order valence-corrected chi connectivity index (χ0v) is 12.6. The van der Waals surface area contributed by atoms with Gasteiger partial charge < -0.3 is 15.2 Å². The normalized spacial score (nSPS) is 10.3. The van der Waals surface area contributed by atoms with Gasteiger partial charge in [-0.25, -0.2) is 0 Å². The van der Waals surface area contributed by atoms with Crippen LogP contribution in [0, 0.1) is 0 Å². The number of hydrogen-bond donors (Lipinski definition) is 2. The Labute approximate surface area is 125 Å². The molecule has 2 aromatic rings. The van der Waals surface area contributed by atoms with E-state index in [2.05, 4.69) is 21.2 Å². The number of nitrogens with one attached hydrogen (secondary N) is 1. The molecule has 0 saturated heterocycles. The standard InChI is InChI=1S/C14H13BrClNO2/c1-19-11-4-2-9(14(18)7-11)8-17-13-5-3-10(16)6-12(13)15/h2-7,17-18H,8H2,1H3. The number of benzene rings is 2. The largest absolute Gasteiger partial charge is 0.507 e. The molecule has 100 valence electrons. The quantitative estimate of drug-likeness (QED) is 0.863. The minimum Gasteiger partial charge on any atom is -0.507 e. The molecule has 2 rings (SSSR count). The minimum absolute atomic E-state index is 0.205. The Morgan fingerprint density at radius 3 is 2.68 bits per heavy atom. The molecule has 0 atom stereocenters. The summed E-state index contributed by atoms with van der Waals surface area (Å²) in [6, 6.07) is 10.7. The topological polar surface area (TPSA) is 41.5 Å². The molecule has 0 unspecified atom stereocenters. The van der Waals surface area contributed by atoms with Gasteiger partial charge in [-0.05, 0) is 46.3 Å². The summed E-state index contributed by atoms with van der Waals surface area (Å²) in [5, 5.41) is 13.8. The predicted molar refractivity (Wildman–Crippen MR) is 81.1 cm³/mol. The van der Waals surface area contributed by atoms with Gasteiger partial charge >= 0.3 is 0 Å². The molecule has 0 bridgehead atoms. The van der Waals surface area contributed by atoms with Gasteiger partial charge in [0.25, 0.3) is 0 Å². The van der Waals surface area contributed by atoms with E-state index in [1.165, 1.54) is 0 Å². The lowest BCUT2D eigenvalue weighted by atomic mass is 10.2. The molecule has 0 aliphatic carbocycles. The van der Waals surface area contributed by atoms with Crippen molar-refractivity contribution in [1.29, 1.82) is 0 Å². The third-order valence-electron chi connectivity index (χ3n) is 2.69. The van der Waals surface area contributed by atoms with E-state index in [0.29, 0.717) is 17.3 Å². The Hall–Kier alpha value is -1.39. The molecule has 19 heavy (non-hydrogen) atoms. The summed E-state index contributed by atoms with van der Waals surface area (Å²) < 4.78 is 5.92. The number of phenols is 1. The number of methoxy groups -OCH3 is 1. The van der Waals surface area contributed by atoms with Crippen LogP contribution in [-0.4, -0.2) is 12.2 Å². The maximum Gasteiger partial charge on any atom is 0.124 e. The van der Waals surface area contributed by atoms with Crippen LogP contribution in [0.15, 0.2) is 40.9 Å². The first kappa shape index (κ1) is 14.0. The molecule has 0 saturated carbocycles. The molecule has 3 nitrogen and oxygen atoms in total. The highest BCUT2D eigenvalue weighted by Gasteiger charge is 2.05. The lowest BCUT2D eigenvalue weighted by Crippen LogP contribution is -2.00. The van der Waals surface area contributed by atoms with Gasteiger partial charge in [-0.2, -0.15) is 0 Å². The van der Waals surface area contributed by atoms with Crippen LogP contribution in [-0.2, 0) is 6.54 Å². The van der Waals surface area contributed by atoms with Crippen LogP contribution in [0.4, 0.5) is 5.69 Å². The Morgan fingerprint density at radius 2 is 2.05 bits per heavy atom. The third kappa shape index (κ3) is 3.55. The van der Waals surface area contributed by atoms with Crippen molar-refractivity contribution in [2.75, 3.05) is 12.4 Å². The Bertz CT molecular complexity index is 590. The number of halogens is 2. The van der Waals surface area contributed by atoms with Crippen molar-refractivity contribution in [3.05, 3.63) is 51.5 Å². The lowest BCUT2D eigenvalue weighted by Gasteiger charge is -2.11. The summed E-state index contributed by atoms with van der Waals surface area (Å²) in [7, 11) is 1.57. The summed E-state index contributed by atoms with van der Waals surface area (Å²) in [6.45, 7) is 0.510. The van der Waals surface area contributed by atoms with Crippen LogP contribution in [0.1, 0.15) is 5.56 Å². The molecule has 0 aliphatic heterocycles. The molecule has 2 aromatic carbocycles. The van der Waals surface area contributed by atoms with E-state index in [-0.39, 0.29) is 5.75 Å². The second-order valence-corrected chi connectivity index (χ2v) is 5.26. The fourth-order valence-electron chi connectivity index (χ4n) is 1.64. The van der Waals surface area contributed by atoms with Crippen molar-refractivity contribution in [3.63, 3.8) is 0 Å². The third-order valence-corrected chi connectivity index (χ3v) is 3.58. The molecule has 0 radical (unpaired) electrons. The van der Waals surface area contributed by atoms with Gasteiger partial charge in [0.15, 0.2) is 0 Å². The van der Waals surface area contributed by atoms with Crippen molar-refractivity contribution in [2.24, 2.45) is 0 Å². The summed E-state index contributed by atoms with van der Waals surface area (Å²) in [4.78, 5) is 0. The first-order valence-electron chi connectivity index (χ1n) is 5.65. The van der Waals surface area contributed by atoms with Gasteiger partial charge in [0, 0.05) is 33.4 Å². The molecule has 0 aromatic heterocycles. The molecule has 2 N–H and O–H groups in total. The smallest absolute Gasteiger partial charge is 0.124 e. The molecular formula is C14H13BrClNO2. The van der Waals surface area contributed by atoms with E-state index >= 15 is 0 Å². The molecule has 0 spiro atoms. The molecular weight excluding hydrogens is 330 g/mol. The van der Waals surface area contributed by atoms with Gasteiger partial charge in [0.1, 0.15) is 11.5 Å². The van der Waals surface area contributed by atoms with E-state index in [1.54, 1.807) is 13.2 Å². The second kappa shape index (κ2) is 6.17. The van der Waals surface area contributed by atoms with Gasteiger partial charge in [0.2, 0.25) is 0 Å². The van der Waals surface area contributed by atoms with Crippen LogP contribution >= 0.6 is 27.5 Å². The molecule has 0 aliphatic rings. The highest BCUT2D eigenvalue weighted by atomic mass is 79.9. The second-order valence-electron chi connectivity index (χ2n) is 3.97. The summed E-state index contributed by atoms with van der Waals surface area (Å²) in [5.74, 6) is 0.839. The Morgan fingerprint density at radius 1 is 1.26 bits per heavy atom. The molecule has 5 heteroatoms. The van der Waals surface area contributed by atoms with Crippen molar-refractivity contribution < 1.29 is 9.84 Å². The average Bonchev–Trinajstić information content (AvgIpc) is 2.39. The average molecular weight is 343 g/mol. The van der Waals surface area contributed by atoms with Crippen molar-refractivity contribution in [1.82, 2.24) is 0 Å². The van der Waals surface area contributed by atoms with Crippen LogP contribution in [0.25, 0.3) is 0 Å². The number of rotatable bonds is 4. The number of anilines is 1. The Balaban J connectivity index is 2.10. The van der Waals surface area contributed by atoms with Crippen LogP contribution in [0.3, 0.4) is 0 Å². The first-order valence-corrected chi connectivity index (χ1v) is 6.82. The first-order chi connectivity index (χ1) is 9.10. The van der Waals surface area contributed by atoms with E-state index in [0.717, 1.165) is 15.7 Å². The van der Waals surface area contributed by atoms with E-state index in [9.17, 15) is 5.11 Å². The monoisotopic (exact) mass is 341 g/mol. The lowest BCUT2D eigenvalue weighted by molar-refractivity contribution is 0.406. The number of phenolic OH excluding ortho intramolecular Hbond substituents is 1. The van der Waals surface area contributed by atoms with E-state index in [4.69, 9.17) is 16.3 Å².